The predicted octanol–water partition coefficient (Wildman–Crippen LogP) is 8.11. The number of hydrogen-bond acceptors (Lipinski definition) is 6. The van der Waals surface area contributed by atoms with E-state index in [0.717, 1.165) is 38.9 Å². The molecule has 0 saturated heterocycles. The summed E-state index contributed by atoms with van der Waals surface area (Å²) in [6.45, 7) is 2.14. The molecule has 0 bridgehead atoms. The van der Waals surface area contributed by atoms with Crippen LogP contribution in [0, 0.1) is 0 Å². The van der Waals surface area contributed by atoms with Gasteiger partial charge < -0.3 is 0 Å². The third-order valence-corrected chi connectivity index (χ3v) is 7.64. The van der Waals surface area contributed by atoms with Crippen molar-refractivity contribution in [1.29, 1.82) is 0 Å². The molecule has 2 unspecified atom stereocenters. The minimum absolute atomic E-state index is 0.162. The number of pyridine rings is 2. The molecule has 0 aliphatic carbocycles. The second-order valence-electron chi connectivity index (χ2n) is 10.5. The second kappa shape index (κ2) is 11.7. The van der Waals surface area contributed by atoms with E-state index in [4.69, 9.17) is 15.0 Å². The van der Waals surface area contributed by atoms with Crippen molar-refractivity contribution in [3.05, 3.63) is 140 Å². The molecule has 6 nitrogen and oxygen atoms in total. The van der Waals surface area contributed by atoms with Crippen LogP contribution < -0.4 is 0 Å². The quantitative estimate of drug-likeness (QED) is 0.207. The van der Waals surface area contributed by atoms with Crippen molar-refractivity contribution in [1.82, 2.24) is 24.9 Å². The molecule has 0 fully saturated rings. The van der Waals surface area contributed by atoms with Gasteiger partial charge in [-0.2, -0.15) is 0 Å². The smallest absolute Gasteiger partial charge is 0.164 e. The van der Waals surface area contributed by atoms with Crippen LogP contribution in [0.5, 0.6) is 0 Å². The number of allylic oxidation sites excluding steroid dienone is 1. The summed E-state index contributed by atoms with van der Waals surface area (Å²) in [5, 5.41) is 0. The highest BCUT2D eigenvalue weighted by molar-refractivity contribution is 5.75. The van der Waals surface area contributed by atoms with Gasteiger partial charge in [0, 0.05) is 64.7 Å². The molecule has 0 spiro atoms. The summed E-state index contributed by atoms with van der Waals surface area (Å²) in [6.07, 6.45) is 13.4. The third-order valence-electron chi connectivity index (χ3n) is 7.64. The van der Waals surface area contributed by atoms with Crippen LogP contribution in [0.1, 0.15) is 18.4 Å². The summed E-state index contributed by atoms with van der Waals surface area (Å²) in [6, 6.07) is 33.1. The zero-order chi connectivity index (χ0) is 29.0. The van der Waals surface area contributed by atoms with Crippen molar-refractivity contribution in [2.75, 3.05) is 0 Å². The van der Waals surface area contributed by atoms with Crippen molar-refractivity contribution in [3.8, 4) is 56.4 Å². The molecular weight excluding hydrogens is 528 g/mol. The zero-order valence-corrected chi connectivity index (χ0v) is 23.6. The first kappa shape index (κ1) is 26.3. The van der Waals surface area contributed by atoms with Gasteiger partial charge in [0.1, 0.15) is 0 Å². The van der Waals surface area contributed by atoms with Crippen molar-refractivity contribution in [3.63, 3.8) is 0 Å². The van der Waals surface area contributed by atoms with Gasteiger partial charge in [-0.05, 0) is 60.0 Å². The molecule has 1 aliphatic rings. The largest absolute Gasteiger partial charge is 0.289 e. The number of nitrogens with zero attached hydrogens (tertiary/aromatic N) is 6. The molecule has 6 aromatic rings. The van der Waals surface area contributed by atoms with E-state index in [2.05, 4.69) is 88.6 Å². The van der Waals surface area contributed by atoms with Gasteiger partial charge in [0.15, 0.2) is 17.5 Å². The molecule has 0 N–H and O–H groups in total. The molecule has 206 valence electrons. The van der Waals surface area contributed by atoms with Crippen LogP contribution in [0.2, 0.25) is 0 Å². The summed E-state index contributed by atoms with van der Waals surface area (Å²) >= 11 is 0. The molecule has 0 saturated carbocycles. The van der Waals surface area contributed by atoms with E-state index in [9.17, 15) is 0 Å². The summed E-state index contributed by atoms with van der Waals surface area (Å²) < 4.78 is 0. The van der Waals surface area contributed by atoms with Gasteiger partial charge in [-0.3, -0.25) is 15.0 Å². The molecule has 4 heterocycles. The maximum Gasteiger partial charge on any atom is 0.164 e. The highest BCUT2D eigenvalue weighted by Crippen LogP contribution is 2.32. The monoisotopic (exact) mass is 556 g/mol. The summed E-state index contributed by atoms with van der Waals surface area (Å²) in [5.74, 6) is 2.03. The average molecular weight is 557 g/mol. The van der Waals surface area contributed by atoms with Crippen LogP contribution >= 0.6 is 0 Å². The van der Waals surface area contributed by atoms with E-state index < -0.39 is 0 Å². The number of aromatic nitrogens is 5. The minimum atomic E-state index is 0.162. The number of rotatable bonds is 6. The van der Waals surface area contributed by atoms with E-state index in [1.807, 2.05) is 61.1 Å². The molecule has 6 heteroatoms. The molecule has 7 rings (SSSR count). The van der Waals surface area contributed by atoms with Gasteiger partial charge in [0.05, 0.1) is 6.04 Å². The third kappa shape index (κ3) is 5.63. The maximum absolute atomic E-state index is 5.02. The second-order valence-corrected chi connectivity index (χ2v) is 10.5. The fourth-order valence-electron chi connectivity index (χ4n) is 5.39. The predicted molar refractivity (Wildman–Crippen MR) is 172 cm³/mol. The first-order valence-electron chi connectivity index (χ1n) is 14.3. The maximum atomic E-state index is 5.02. The van der Waals surface area contributed by atoms with Crippen LogP contribution in [0.25, 0.3) is 56.4 Å². The lowest BCUT2D eigenvalue weighted by atomic mass is 9.90. The Labute approximate surface area is 250 Å². The van der Waals surface area contributed by atoms with Crippen molar-refractivity contribution in [2.24, 2.45) is 4.99 Å². The van der Waals surface area contributed by atoms with Crippen LogP contribution in [0.15, 0.2) is 139 Å². The molecule has 3 aromatic carbocycles. The molecular formula is C37H28N6. The fraction of sp³-hybridized carbons (Fsp3) is 0.0811. The van der Waals surface area contributed by atoms with Crippen molar-refractivity contribution in [2.45, 2.75) is 18.9 Å². The van der Waals surface area contributed by atoms with E-state index in [-0.39, 0.29) is 12.0 Å². The highest BCUT2D eigenvalue weighted by atomic mass is 15.0. The highest BCUT2D eigenvalue weighted by Gasteiger charge is 2.19. The van der Waals surface area contributed by atoms with Gasteiger partial charge in [-0.1, -0.05) is 72.8 Å². The Morgan fingerprint density at radius 3 is 1.51 bits per heavy atom. The lowest BCUT2D eigenvalue weighted by Gasteiger charge is -2.20. The number of aliphatic imine (C=N–C) groups is 1. The fourth-order valence-corrected chi connectivity index (χ4v) is 5.39. The first-order chi connectivity index (χ1) is 21.2. The normalized spacial score (nSPS) is 15.8. The van der Waals surface area contributed by atoms with Gasteiger partial charge in [0.2, 0.25) is 0 Å². The lowest BCUT2D eigenvalue weighted by Crippen LogP contribution is -2.14. The van der Waals surface area contributed by atoms with Crippen molar-refractivity contribution >= 4 is 6.21 Å². The Morgan fingerprint density at radius 1 is 0.512 bits per heavy atom. The Hall–Kier alpha value is -5.62. The Bertz CT molecular complexity index is 1850. The molecule has 43 heavy (non-hydrogen) atoms. The number of dihydropyridines is 1. The summed E-state index contributed by atoms with van der Waals surface area (Å²) in [5.41, 5.74) is 8.10. The van der Waals surface area contributed by atoms with E-state index in [0.29, 0.717) is 17.5 Å². The Balaban J connectivity index is 1.36. The summed E-state index contributed by atoms with van der Waals surface area (Å²) in [4.78, 5) is 28.3. The minimum Gasteiger partial charge on any atom is -0.289 e. The lowest BCUT2D eigenvalue weighted by molar-refractivity contribution is 0.661. The number of hydrogen-bond donors (Lipinski definition) is 0. The molecule has 0 radical (unpaired) electrons. The Morgan fingerprint density at radius 2 is 1.00 bits per heavy atom. The SMILES string of the molecule is CC1N=CC=CC1c1cccc(-c2nc(-c3cccc(-c4cccnc4)c3)nc(-c3cccc(-c4cccnc4)c3)n2)c1. The standard InChI is InChI=1S/C37H28N6/c1-25-34(16-7-19-40-25)28-10-4-13-31(22-28)37-42-35(29-11-2-8-26(20-29)32-14-5-17-38-23-32)41-36(43-37)30-12-3-9-27(21-30)33-15-6-18-39-24-33/h2-25,34H,1H3. The van der Waals surface area contributed by atoms with Crippen LogP contribution in [-0.4, -0.2) is 37.2 Å². The van der Waals surface area contributed by atoms with Crippen molar-refractivity contribution < 1.29 is 0 Å². The van der Waals surface area contributed by atoms with E-state index >= 15 is 0 Å². The van der Waals surface area contributed by atoms with Crippen LogP contribution in [-0.2, 0) is 0 Å². The molecule has 3 aromatic heterocycles. The van der Waals surface area contributed by atoms with E-state index in [1.54, 1.807) is 12.4 Å². The zero-order valence-electron chi connectivity index (χ0n) is 23.6. The van der Waals surface area contributed by atoms with Crippen LogP contribution in [0.3, 0.4) is 0 Å². The van der Waals surface area contributed by atoms with E-state index in [1.165, 1.54) is 5.56 Å². The topological polar surface area (TPSA) is 76.8 Å². The van der Waals surface area contributed by atoms with Crippen LogP contribution in [0.4, 0.5) is 0 Å². The Kier molecular flexibility index (Phi) is 7.15. The summed E-state index contributed by atoms with van der Waals surface area (Å²) in [7, 11) is 0. The average Bonchev–Trinajstić information content (AvgIpc) is 3.09. The molecule has 2 atom stereocenters. The van der Waals surface area contributed by atoms with Gasteiger partial charge >= 0.3 is 0 Å². The molecule has 0 amide bonds. The number of benzene rings is 3. The van der Waals surface area contributed by atoms with Gasteiger partial charge in [-0.25, -0.2) is 15.0 Å². The van der Waals surface area contributed by atoms with Gasteiger partial charge in [0.25, 0.3) is 0 Å². The first-order valence-corrected chi connectivity index (χ1v) is 14.3. The molecule has 1 aliphatic heterocycles. The van der Waals surface area contributed by atoms with Gasteiger partial charge in [-0.15, -0.1) is 0 Å².